The van der Waals surface area contributed by atoms with Gasteiger partial charge >= 0.3 is 0 Å². The highest BCUT2D eigenvalue weighted by Crippen LogP contribution is 2.19. The third kappa shape index (κ3) is 2.36. The van der Waals surface area contributed by atoms with E-state index >= 15 is 0 Å². The Bertz CT molecular complexity index is 659. The van der Waals surface area contributed by atoms with Gasteiger partial charge in [0, 0.05) is 24.8 Å². The number of quaternary nitrogens is 1. The van der Waals surface area contributed by atoms with Crippen LogP contribution in [0.5, 0.6) is 0 Å². The van der Waals surface area contributed by atoms with Crippen LogP contribution in [-0.4, -0.2) is 20.3 Å². The summed E-state index contributed by atoms with van der Waals surface area (Å²) in [6.07, 6.45) is 4.12. The minimum atomic E-state index is 1.08. The Kier molecular flexibility index (Phi) is 3.35. The molecule has 3 rings (SSSR count). The molecule has 1 aliphatic rings. The largest absolute Gasteiger partial charge is 0.271 e. The molecule has 2 aromatic rings. The summed E-state index contributed by atoms with van der Waals surface area (Å²) in [5.41, 5.74) is 4.83. The number of anilines is 1. The number of hydrogen-bond acceptors (Lipinski definition) is 2. The molecule has 3 heteroatoms. The second kappa shape index (κ2) is 5.31. The summed E-state index contributed by atoms with van der Waals surface area (Å²) in [6.45, 7) is 0. The predicted molar refractivity (Wildman–Crippen MR) is 84.3 cm³/mol. The van der Waals surface area contributed by atoms with Crippen LogP contribution in [0, 0.1) is 0 Å². The third-order valence-electron chi connectivity index (χ3n) is 3.61. The van der Waals surface area contributed by atoms with Crippen molar-refractivity contribution >= 4 is 23.7 Å². The number of hydrogen-bond donors (Lipinski definition) is 1. The van der Waals surface area contributed by atoms with Gasteiger partial charge in [-0.2, -0.15) is 5.10 Å². The number of hydrazone groups is 1. The van der Waals surface area contributed by atoms with Crippen LogP contribution < -0.4 is 9.91 Å². The molecule has 1 unspecified atom stereocenters. The summed E-state index contributed by atoms with van der Waals surface area (Å²) >= 11 is 0. The van der Waals surface area contributed by atoms with Gasteiger partial charge in [0.2, 0.25) is 0 Å². The van der Waals surface area contributed by atoms with Gasteiger partial charge in [-0.1, -0.05) is 30.3 Å². The minimum absolute atomic E-state index is 1.08. The lowest BCUT2D eigenvalue weighted by atomic mass is 10.2. The third-order valence-corrected chi connectivity index (χ3v) is 3.61. The maximum Gasteiger partial charge on any atom is 0.157 e. The molecule has 0 radical (unpaired) electrons. The maximum absolute atomic E-state index is 4.53. The van der Waals surface area contributed by atoms with Gasteiger partial charge in [-0.3, -0.25) is 9.91 Å². The fraction of sp³-hybridized carbons (Fsp3) is 0.118. The number of nitrogens with zero attached hydrogens (tertiary/aromatic N) is 2. The first kappa shape index (κ1) is 12.6. The van der Waals surface area contributed by atoms with E-state index in [1.54, 1.807) is 0 Å². The van der Waals surface area contributed by atoms with Gasteiger partial charge in [-0.15, -0.1) is 0 Å². The van der Waals surface area contributed by atoms with E-state index in [1.807, 2.05) is 48.6 Å². The summed E-state index contributed by atoms with van der Waals surface area (Å²) in [6, 6.07) is 18.6. The molecule has 1 atom stereocenters. The highest BCUT2D eigenvalue weighted by atomic mass is 15.4. The molecule has 0 amide bonds. The van der Waals surface area contributed by atoms with Crippen LogP contribution in [0.25, 0.3) is 6.08 Å². The van der Waals surface area contributed by atoms with Gasteiger partial charge < -0.3 is 0 Å². The Hall–Kier alpha value is -2.39. The average Bonchev–Trinajstić information content (AvgIpc) is 2.83. The zero-order valence-electron chi connectivity index (χ0n) is 11.7. The Labute approximate surface area is 119 Å². The number of nitrogens with one attached hydrogen (secondary N) is 1. The quantitative estimate of drug-likeness (QED) is 0.666. The molecule has 0 fully saturated rings. The fourth-order valence-corrected chi connectivity index (χ4v) is 2.39. The zero-order chi connectivity index (χ0) is 13.9. The van der Waals surface area contributed by atoms with Gasteiger partial charge in [0.15, 0.2) is 5.70 Å². The smallest absolute Gasteiger partial charge is 0.157 e. The zero-order valence-corrected chi connectivity index (χ0v) is 11.7. The fourth-order valence-electron chi connectivity index (χ4n) is 2.39. The summed E-state index contributed by atoms with van der Waals surface area (Å²) < 4.78 is 0. The van der Waals surface area contributed by atoms with E-state index in [2.05, 4.69) is 42.5 Å². The van der Waals surface area contributed by atoms with Gasteiger partial charge in [-0.05, 0) is 18.2 Å². The van der Waals surface area contributed by atoms with Crippen molar-refractivity contribution in [1.82, 2.24) is 0 Å². The summed E-state index contributed by atoms with van der Waals surface area (Å²) in [4.78, 5) is 1.28. The van der Waals surface area contributed by atoms with Crippen molar-refractivity contribution in [2.75, 3.05) is 19.1 Å². The van der Waals surface area contributed by atoms with Crippen LogP contribution in [0.3, 0.4) is 0 Å². The van der Waals surface area contributed by atoms with Crippen molar-refractivity contribution in [3.8, 4) is 0 Å². The highest BCUT2D eigenvalue weighted by Gasteiger charge is 2.22. The molecular weight excluding hydrogens is 246 g/mol. The summed E-state index contributed by atoms with van der Waals surface area (Å²) in [5, 5.41) is 6.42. The standard InChI is InChI=1S/C17H17N3/c1-19-16(12-14-8-6-7-11-17(14)19)13-18-20(2)15-9-4-3-5-10-15/h3-13H,1-2H3/p+1. The van der Waals surface area contributed by atoms with Crippen LogP contribution in [0.1, 0.15) is 5.56 Å². The predicted octanol–water partition coefficient (Wildman–Crippen LogP) is 2.31. The Morgan fingerprint density at radius 1 is 1.00 bits per heavy atom. The monoisotopic (exact) mass is 264 g/mol. The van der Waals surface area contributed by atoms with Gasteiger partial charge in [-0.25, -0.2) is 0 Å². The highest BCUT2D eigenvalue weighted by molar-refractivity contribution is 5.87. The van der Waals surface area contributed by atoms with Crippen molar-refractivity contribution in [2.24, 2.45) is 5.10 Å². The number of allylic oxidation sites excluding steroid dienone is 1. The Morgan fingerprint density at radius 2 is 1.70 bits per heavy atom. The summed E-state index contributed by atoms with van der Waals surface area (Å²) in [7, 11) is 4.11. The van der Waals surface area contributed by atoms with Crippen LogP contribution in [-0.2, 0) is 0 Å². The molecule has 20 heavy (non-hydrogen) atoms. The molecule has 1 N–H and O–H groups in total. The number of rotatable bonds is 3. The van der Waals surface area contributed by atoms with Gasteiger partial charge in [0.25, 0.3) is 0 Å². The topological polar surface area (TPSA) is 20.0 Å². The van der Waals surface area contributed by atoms with Crippen molar-refractivity contribution in [3.05, 3.63) is 65.9 Å². The van der Waals surface area contributed by atoms with E-state index in [0.29, 0.717) is 0 Å². The first-order chi connectivity index (χ1) is 9.75. The van der Waals surface area contributed by atoms with E-state index in [1.165, 1.54) is 21.8 Å². The molecule has 0 aliphatic carbocycles. The molecule has 2 aromatic carbocycles. The lowest BCUT2D eigenvalue weighted by Gasteiger charge is -2.13. The van der Waals surface area contributed by atoms with Crippen molar-refractivity contribution in [3.63, 3.8) is 0 Å². The molecule has 100 valence electrons. The molecule has 0 aromatic heterocycles. The number of para-hydroxylation sites is 2. The van der Waals surface area contributed by atoms with Crippen LogP contribution in [0.4, 0.5) is 11.4 Å². The molecular formula is C17H18N3+. The molecule has 0 spiro atoms. The molecule has 1 heterocycles. The Balaban J connectivity index is 1.78. The van der Waals surface area contributed by atoms with E-state index in [4.69, 9.17) is 0 Å². The van der Waals surface area contributed by atoms with Crippen molar-refractivity contribution in [2.45, 2.75) is 0 Å². The second-order valence-electron chi connectivity index (χ2n) is 4.92. The first-order valence-electron chi connectivity index (χ1n) is 6.73. The normalized spacial score (nSPS) is 17.1. The van der Waals surface area contributed by atoms with Crippen LogP contribution in [0.2, 0.25) is 0 Å². The van der Waals surface area contributed by atoms with Gasteiger partial charge in [0.1, 0.15) is 11.9 Å². The maximum atomic E-state index is 4.53. The second-order valence-corrected chi connectivity index (χ2v) is 4.92. The Morgan fingerprint density at radius 3 is 2.45 bits per heavy atom. The molecule has 0 saturated heterocycles. The molecule has 0 bridgehead atoms. The molecule has 3 nitrogen and oxygen atoms in total. The first-order valence-corrected chi connectivity index (χ1v) is 6.73. The summed E-state index contributed by atoms with van der Waals surface area (Å²) in [5.74, 6) is 0. The minimum Gasteiger partial charge on any atom is -0.271 e. The van der Waals surface area contributed by atoms with Crippen molar-refractivity contribution < 1.29 is 4.90 Å². The van der Waals surface area contributed by atoms with E-state index < -0.39 is 0 Å². The molecule has 0 saturated carbocycles. The van der Waals surface area contributed by atoms with E-state index in [-0.39, 0.29) is 0 Å². The SMILES string of the molecule is CN(N=CC1=Cc2ccccc2[NH+]1C)c1ccccc1. The van der Waals surface area contributed by atoms with E-state index in [0.717, 1.165) is 5.69 Å². The van der Waals surface area contributed by atoms with Gasteiger partial charge in [0.05, 0.1) is 12.7 Å². The lowest BCUT2D eigenvalue weighted by Crippen LogP contribution is -3.01. The van der Waals surface area contributed by atoms with Crippen LogP contribution >= 0.6 is 0 Å². The van der Waals surface area contributed by atoms with E-state index in [9.17, 15) is 0 Å². The van der Waals surface area contributed by atoms with Crippen molar-refractivity contribution in [1.29, 1.82) is 0 Å². The van der Waals surface area contributed by atoms with Crippen LogP contribution in [0.15, 0.2) is 65.4 Å². The lowest BCUT2D eigenvalue weighted by molar-refractivity contribution is -0.755. The number of benzene rings is 2. The average molecular weight is 264 g/mol. The number of fused-ring (bicyclic) bond motifs is 1. The molecule has 1 aliphatic heterocycles.